The van der Waals surface area contributed by atoms with E-state index < -0.39 is 0 Å². The summed E-state index contributed by atoms with van der Waals surface area (Å²) in [4.78, 5) is 15.1. The topological polar surface area (TPSA) is 29.4 Å². The Morgan fingerprint density at radius 3 is 2.42 bits per heavy atom. The Bertz CT molecular complexity index is 1210. The Morgan fingerprint density at radius 2 is 1.50 bits per heavy atom. The van der Waals surface area contributed by atoms with Crippen LogP contribution in [0.3, 0.4) is 0 Å². The van der Waals surface area contributed by atoms with Crippen molar-refractivity contribution in [3.05, 3.63) is 90.0 Å². The molecule has 4 aromatic carbocycles. The maximum Gasteiger partial charge on any atom is 0.240 e. The molecule has 0 amide bonds. The molecule has 2 heteroatoms. The van der Waals surface area contributed by atoms with Crippen LogP contribution in [0.5, 0.6) is 0 Å². The van der Waals surface area contributed by atoms with Crippen molar-refractivity contribution in [1.82, 2.24) is 0 Å². The van der Waals surface area contributed by atoms with Gasteiger partial charge in [0.05, 0.1) is 5.69 Å². The van der Waals surface area contributed by atoms with Gasteiger partial charge in [0.2, 0.25) is 6.08 Å². The van der Waals surface area contributed by atoms with Gasteiger partial charge in [-0.2, -0.15) is 4.99 Å². The highest BCUT2D eigenvalue weighted by atomic mass is 16.1. The molecule has 2 nitrogen and oxygen atoms in total. The highest BCUT2D eigenvalue weighted by Gasteiger charge is 2.24. The van der Waals surface area contributed by atoms with Crippen LogP contribution in [0.15, 0.2) is 83.9 Å². The van der Waals surface area contributed by atoms with Gasteiger partial charge in [-0.15, -0.1) is 0 Å². The molecule has 122 valence electrons. The van der Waals surface area contributed by atoms with Crippen LogP contribution in [0.1, 0.15) is 11.1 Å². The molecular weight excluding hydrogens is 318 g/mol. The first-order valence-corrected chi connectivity index (χ1v) is 8.67. The number of fused-ring (bicyclic) bond motifs is 4. The third-order valence-electron chi connectivity index (χ3n) is 5.19. The number of isocyanates is 1. The summed E-state index contributed by atoms with van der Waals surface area (Å²) in [5, 5.41) is 2.35. The van der Waals surface area contributed by atoms with Gasteiger partial charge in [0.25, 0.3) is 0 Å². The predicted octanol–water partition coefficient (Wildman–Crippen LogP) is 6.05. The van der Waals surface area contributed by atoms with E-state index in [0.717, 1.165) is 17.5 Å². The van der Waals surface area contributed by atoms with E-state index in [9.17, 15) is 4.79 Å². The molecule has 1 aliphatic rings. The summed E-state index contributed by atoms with van der Waals surface area (Å²) in [5.74, 6) is 0. The van der Waals surface area contributed by atoms with Gasteiger partial charge < -0.3 is 0 Å². The van der Waals surface area contributed by atoms with Gasteiger partial charge in [-0.05, 0) is 51.1 Å². The summed E-state index contributed by atoms with van der Waals surface area (Å²) in [6.45, 7) is 0. The SMILES string of the molecule is O=C=Nc1ccc2c(c1-c1cccc3ccccc13)Cc1ccccc1-2. The number of nitrogens with zero attached hydrogens (tertiary/aromatic N) is 1. The number of hydrogen-bond acceptors (Lipinski definition) is 2. The summed E-state index contributed by atoms with van der Waals surface area (Å²) in [6.07, 6.45) is 2.58. The van der Waals surface area contributed by atoms with Crippen molar-refractivity contribution in [2.24, 2.45) is 4.99 Å². The first-order valence-electron chi connectivity index (χ1n) is 8.67. The largest absolute Gasteiger partial charge is 0.240 e. The minimum atomic E-state index is 0.683. The molecule has 26 heavy (non-hydrogen) atoms. The molecular formula is C24H15NO. The van der Waals surface area contributed by atoms with Crippen LogP contribution in [-0.4, -0.2) is 6.08 Å². The molecule has 0 saturated carbocycles. The molecule has 0 aromatic heterocycles. The zero-order valence-corrected chi connectivity index (χ0v) is 14.1. The van der Waals surface area contributed by atoms with Gasteiger partial charge in [-0.25, -0.2) is 4.79 Å². The van der Waals surface area contributed by atoms with Gasteiger partial charge in [-0.1, -0.05) is 72.8 Å². The lowest BCUT2D eigenvalue weighted by Crippen LogP contribution is -1.90. The standard InChI is InChI=1S/C24H15NO/c26-15-25-23-13-12-20-19-10-4-2-7-17(19)14-22(20)24(23)21-11-5-8-16-6-1-3-9-18(16)21/h1-13H,14H2. The second kappa shape index (κ2) is 5.80. The first-order chi connectivity index (χ1) is 12.9. The van der Waals surface area contributed by atoms with Crippen LogP contribution in [0.2, 0.25) is 0 Å². The molecule has 1 aliphatic carbocycles. The maximum absolute atomic E-state index is 11.0. The number of aliphatic imine (C=N–C) groups is 1. The second-order valence-corrected chi connectivity index (χ2v) is 6.55. The van der Waals surface area contributed by atoms with Crippen molar-refractivity contribution in [3.63, 3.8) is 0 Å². The van der Waals surface area contributed by atoms with Gasteiger partial charge in [0.15, 0.2) is 0 Å². The fraction of sp³-hybridized carbons (Fsp3) is 0.0417. The van der Waals surface area contributed by atoms with Crippen molar-refractivity contribution in [2.45, 2.75) is 6.42 Å². The lowest BCUT2D eigenvalue weighted by molar-refractivity contribution is 0.565. The third kappa shape index (κ3) is 2.13. The lowest BCUT2D eigenvalue weighted by atomic mass is 9.91. The molecule has 0 radical (unpaired) electrons. The van der Waals surface area contributed by atoms with Gasteiger partial charge in [0.1, 0.15) is 0 Å². The molecule has 0 bridgehead atoms. The Balaban J connectivity index is 1.88. The van der Waals surface area contributed by atoms with E-state index in [2.05, 4.69) is 65.7 Å². The third-order valence-corrected chi connectivity index (χ3v) is 5.19. The van der Waals surface area contributed by atoms with E-state index in [4.69, 9.17) is 0 Å². The van der Waals surface area contributed by atoms with Crippen molar-refractivity contribution in [1.29, 1.82) is 0 Å². The van der Waals surface area contributed by atoms with E-state index in [1.54, 1.807) is 6.08 Å². The fourth-order valence-corrected chi connectivity index (χ4v) is 4.09. The van der Waals surface area contributed by atoms with E-state index in [1.165, 1.54) is 33.0 Å². The molecule has 0 spiro atoms. The van der Waals surface area contributed by atoms with Crippen LogP contribution in [0.25, 0.3) is 33.0 Å². The summed E-state index contributed by atoms with van der Waals surface area (Å²) >= 11 is 0. The van der Waals surface area contributed by atoms with Crippen LogP contribution in [-0.2, 0) is 11.2 Å². The maximum atomic E-state index is 11.0. The monoisotopic (exact) mass is 333 g/mol. The summed E-state index contributed by atoms with van der Waals surface area (Å²) in [7, 11) is 0. The molecule has 0 unspecified atom stereocenters. The normalized spacial score (nSPS) is 11.7. The van der Waals surface area contributed by atoms with Crippen LogP contribution < -0.4 is 0 Å². The van der Waals surface area contributed by atoms with E-state index >= 15 is 0 Å². The minimum absolute atomic E-state index is 0.683. The average molecular weight is 333 g/mol. The average Bonchev–Trinajstić information content (AvgIpc) is 3.06. The Hall–Kier alpha value is -3.48. The predicted molar refractivity (Wildman–Crippen MR) is 105 cm³/mol. The first kappa shape index (κ1) is 14.8. The fourth-order valence-electron chi connectivity index (χ4n) is 4.09. The smallest absolute Gasteiger partial charge is 0.211 e. The van der Waals surface area contributed by atoms with Crippen LogP contribution >= 0.6 is 0 Å². The Labute approximate surface area is 151 Å². The van der Waals surface area contributed by atoms with E-state index in [0.29, 0.717) is 5.69 Å². The zero-order valence-electron chi connectivity index (χ0n) is 14.1. The molecule has 4 aromatic rings. The van der Waals surface area contributed by atoms with Crippen molar-refractivity contribution >= 4 is 22.5 Å². The summed E-state index contributed by atoms with van der Waals surface area (Å²) in [6, 6.07) is 27.1. The van der Waals surface area contributed by atoms with E-state index in [-0.39, 0.29) is 0 Å². The minimum Gasteiger partial charge on any atom is -0.211 e. The molecule has 0 fully saturated rings. The second-order valence-electron chi connectivity index (χ2n) is 6.55. The van der Waals surface area contributed by atoms with Crippen LogP contribution in [0, 0.1) is 0 Å². The Morgan fingerprint density at radius 1 is 0.731 bits per heavy atom. The van der Waals surface area contributed by atoms with E-state index in [1.807, 2.05) is 18.2 Å². The number of hydrogen-bond donors (Lipinski definition) is 0. The zero-order chi connectivity index (χ0) is 17.5. The van der Waals surface area contributed by atoms with Gasteiger partial charge in [0, 0.05) is 5.56 Å². The highest BCUT2D eigenvalue weighted by Crippen LogP contribution is 2.47. The Kier molecular flexibility index (Phi) is 3.31. The molecule has 0 atom stereocenters. The quantitative estimate of drug-likeness (QED) is 0.286. The molecule has 5 rings (SSSR count). The highest BCUT2D eigenvalue weighted by molar-refractivity contribution is 6.02. The van der Waals surface area contributed by atoms with Crippen molar-refractivity contribution < 1.29 is 4.79 Å². The summed E-state index contributed by atoms with van der Waals surface area (Å²) in [5.41, 5.74) is 7.89. The number of benzene rings is 4. The van der Waals surface area contributed by atoms with Gasteiger partial charge in [-0.3, -0.25) is 0 Å². The molecule has 0 saturated heterocycles. The number of carbonyl (C=O) groups excluding carboxylic acids is 1. The van der Waals surface area contributed by atoms with Crippen molar-refractivity contribution in [2.75, 3.05) is 0 Å². The van der Waals surface area contributed by atoms with Crippen molar-refractivity contribution in [3.8, 4) is 22.3 Å². The summed E-state index contributed by atoms with van der Waals surface area (Å²) < 4.78 is 0. The van der Waals surface area contributed by atoms with Crippen LogP contribution in [0.4, 0.5) is 5.69 Å². The lowest BCUT2D eigenvalue weighted by Gasteiger charge is -2.14. The van der Waals surface area contributed by atoms with Gasteiger partial charge >= 0.3 is 0 Å². The molecule has 0 heterocycles. The number of rotatable bonds is 2. The molecule has 0 N–H and O–H groups in total. The molecule has 0 aliphatic heterocycles.